The van der Waals surface area contributed by atoms with Gasteiger partial charge in [0.1, 0.15) is 6.17 Å². The molecule has 3 heterocycles. The van der Waals surface area contributed by atoms with Crippen LogP contribution in [0.1, 0.15) is 40.3 Å². The maximum atomic E-state index is 4.65. The summed E-state index contributed by atoms with van der Waals surface area (Å²) < 4.78 is 0. The molecule has 3 atom stereocenters. The third-order valence-electron chi connectivity index (χ3n) is 6.22. The fourth-order valence-electron chi connectivity index (χ4n) is 4.25. The molecule has 6 heteroatoms. The molecule has 2 aromatic rings. The monoisotopic (exact) mass is 417 g/mol. The summed E-state index contributed by atoms with van der Waals surface area (Å²) in [5.41, 5.74) is 13.5. The summed E-state index contributed by atoms with van der Waals surface area (Å²) in [6.45, 7) is 8.17. The lowest BCUT2D eigenvalue weighted by molar-refractivity contribution is 0.152. The summed E-state index contributed by atoms with van der Waals surface area (Å²) in [5.74, 6) is 0.896. The van der Waals surface area contributed by atoms with Gasteiger partial charge in [-0.15, -0.1) is 0 Å². The predicted molar refractivity (Wildman–Crippen MR) is 125 cm³/mol. The standard InChI is InChI=1S/C24H27N5S/c1-4-18-6-8-19(9-7-18)15-30-24-26-25-23-22-14-21(27-29(22)12-11-28(23)24)20-10-5-16(2)17(3)13-20/h4-13,21-23,25,27H,1,14-15H2,2-3H3. The van der Waals surface area contributed by atoms with Gasteiger partial charge in [-0.05, 0) is 48.1 Å². The minimum absolute atomic E-state index is 0.157. The maximum Gasteiger partial charge on any atom is 0.189 e. The van der Waals surface area contributed by atoms with Crippen LogP contribution in [0.25, 0.3) is 6.08 Å². The van der Waals surface area contributed by atoms with Crippen LogP contribution in [0.5, 0.6) is 0 Å². The van der Waals surface area contributed by atoms with Crippen LogP contribution in [-0.2, 0) is 5.75 Å². The molecule has 5 rings (SSSR count). The van der Waals surface area contributed by atoms with Crippen LogP contribution in [0.2, 0.25) is 0 Å². The van der Waals surface area contributed by atoms with Crippen molar-refractivity contribution in [2.24, 2.45) is 5.10 Å². The van der Waals surface area contributed by atoms with Crippen molar-refractivity contribution >= 4 is 23.0 Å². The topological polar surface area (TPSA) is 42.9 Å². The number of hydrogen-bond acceptors (Lipinski definition) is 6. The molecule has 3 unspecified atom stereocenters. The van der Waals surface area contributed by atoms with Crippen molar-refractivity contribution in [3.8, 4) is 0 Å². The molecule has 0 bridgehead atoms. The molecule has 3 aliphatic heterocycles. The van der Waals surface area contributed by atoms with E-state index < -0.39 is 0 Å². The van der Waals surface area contributed by atoms with Gasteiger partial charge < -0.3 is 9.91 Å². The molecule has 0 amide bonds. The number of rotatable bonds is 4. The summed E-state index contributed by atoms with van der Waals surface area (Å²) in [4.78, 5) is 2.27. The average Bonchev–Trinajstić information content (AvgIpc) is 3.38. The summed E-state index contributed by atoms with van der Waals surface area (Å²) in [5, 5.41) is 7.91. The van der Waals surface area contributed by atoms with Crippen LogP contribution >= 0.6 is 11.8 Å². The number of amidine groups is 1. The molecule has 0 aromatic heterocycles. The second-order valence-corrected chi connectivity index (χ2v) is 9.09. The second kappa shape index (κ2) is 7.85. The van der Waals surface area contributed by atoms with E-state index in [9.17, 15) is 0 Å². The summed E-state index contributed by atoms with van der Waals surface area (Å²) >= 11 is 1.77. The van der Waals surface area contributed by atoms with E-state index in [2.05, 4.69) is 101 Å². The maximum absolute atomic E-state index is 4.65. The molecule has 0 spiro atoms. The van der Waals surface area contributed by atoms with Gasteiger partial charge in [0.05, 0.1) is 12.1 Å². The molecule has 2 aromatic carbocycles. The van der Waals surface area contributed by atoms with E-state index in [-0.39, 0.29) is 6.17 Å². The zero-order chi connectivity index (χ0) is 20.7. The van der Waals surface area contributed by atoms with Gasteiger partial charge >= 0.3 is 0 Å². The molecule has 30 heavy (non-hydrogen) atoms. The van der Waals surface area contributed by atoms with Gasteiger partial charge in [-0.25, -0.2) is 5.43 Å². The summed E-state index contributed by atoms with van der Waals surface area (Å²) in [6.07, 6.45) is 7.34. The van der Waals surface area contributed by atoms with Crippen molar-refractivity contribution in [1.29, 1.82) is 0 Å². The second-order valence-electron chi connectivity index (χ2n) is 8.14. The van der Waals surface area contributed by atoms with E-state index >= 15 is 0 Å². The normalized spacial score (nSPS) is 24.3. The van der Waals surface area contributed by atoms with Crippen molar-refractivity contribution < 1.29 is 0 Å². The highest BCUT2D eigenvalue weighted by molar-refractivity contribution is 8.13. The fourth-order valence-corrected chi connectivity index (χ4v) is 5.18. The van der Waals surface area contributed by atoms with Gasteiger partial charge in [0.2, 0.25) is 0 Å². The molecular formula is C24H27N5S. The molecule has 1 saturated heterocycles. The minimum Gasteiger partial charge on any atom is -0.306 e. The number of fused-ring (bicyclic) bond motifs is 3. The minimum atomic E-state index is 0.157. The molecular weight excluding hydrogens is 390 g/mol. The van der Waals surface area contributed by atoms with Crippen LogP contribution in [0.15, 0.2) is 66.5 Å². The Morgan fingerprint density at radius 1 is 1.13 bits per heavy atom. The van der Waals surface area contributed by atoms with Gasteiger partial charge in [-0.2, -0.15) is 5.10 Å². The SMILES string of the molecule is C=Cc1ccc(CSC2=NNC3C4CC(c5ccc(C)c(C)c5)NN4C=CN23)cc1. The van der Waals surface area contributed by atoms with E-state index in [0.717, 1.165) is 22.9 Å². The lowest BCUT2D eigenvalue weighted by Gasteiger charge is -2.36. The van der Waals surface area contributed by atoms with Gasteiger partial charge in [0, 0.05) is 18.2 Å². The Hall–Kier alpha value is -2.70. The van der Waals surface area contributed by atoms with Gasteiger partial charge in [-0.3, -0.25) is 5.43 Å². The number of hydrazine groups is 1. The lowest BCUT2D eigenvalue weighted by atomic mass is 9.97. The lowest BCUT2D eigenvalue weighted by Crippen LogP contribution is -2.54. The van der Waals surface area contributed by atoms with Crippen LogP contribution < -0.4 is 10.9 Å². The van der Waals surface area contributed by atoms with Crippen molar-refractivity contribution in [1.82, 2.24) is 20.8 Å². The predicted octanol–water partition coefficient (Wildman–Crippen LogP) is 4.49. The Labute approximate surface area is 182 Å². The smallest absolute Gasteiger partial charge is 0.189 e. The third kappa shape index (κ3) is 3.50. The first-order valence-electron chi connectivity index (χ1n) is 10.4. The number of thioether (sulfide) groups is 1. The average molecular weight is 418 g/mol. The van der Waals surface area contributed by atoms with Crippen molar-refractivity contribution in [2.75, 3.05) is 0 Å². The molecule has 0 aliphatic carbocycles. The number of hydrogen-bond donors (Lipinski definition) is 2. The van der Waals surface area contributed by atoms with Crippen molar-refractivity contribution in [2.45, 2.75) is 44.3 Å². The summed E-state index contributed by atoms with van der Waals surface area (Å²) in [6, 6.07) is 16.0. The van der Waals surface area contributed by atoms with E-state index in [1.165, 1.54) is 22.3 Å². The molecule has 3 aliphatic rings. The van der Waals surface area contributed by atoms with Crippen LogP contribution in [0, 0.1) is 13.8 Å². The Balaban J connectivity index is 1.24. The van der Waals surface area contributed by atoms with Gasteiger partial charge in [0.25, 0.3) is 0 Å². The molecule has 2 N–H and O–H groups in total. The van der Waals surface area contributed by atoms with E-state index in [4.69, 9.17) is 0 Å². The van der Waals surface area contributed by atoms with E-state index in [0.29, 0.717) is 12.1 Å². The Bertz CT molecular complexity index is 1010. The third-order valence-corrected chi connectivity index (χ3v) is 7.26. The van der Waals surface area contributed by atoms with E-state index in [1.807, 2.05) is 6.08 Å². The highest BCUT2D eigenvalue weighted by atomic mass is 32.2. The number of aryl methyl sites for hydroxylation is 2. The van der Waals surface area contributed by atoms with Gasteiger partial charge in [0.15, 0.2) is 5.17 Å². The highest BCUT2D eigenvalue weighted by Gasteiger charge is 2.44. The first-order chi connectivity index (χ1) is 14.6. The Kier molecular flexibility index (Phi) is 5.05. The number of nitrogens with one attached hydrogen (secondary N) is 2. The van der Waals surface area contributed by atoms with Crippen LogP contribution in [0.4, 0.5) is 0 Å². The quantitative estimate of drug-likeness (QED) is 0.767. The van der Waals surface area contributed by atoms with Crippen molar-refractivity contribution in [3.05, 3.63) is 89.3 Å². The molecule has 154 valence electrons. The van der Waals surface area contributed by atoms with Crippen LogP contribution in [-0.4, -0.2) is 27.3 Å². The molecule has 0 radical (unpaired) electrons. The van der Waals surface area contributed by atoms with E-state index in [1.54, 1.807) is 11.8 Å². The first-order valence-corrected chi connectivity index (χ1v) is 11.4. The van der Waals surface area contributed by atoms with Crippen LogP contribution in [0.3, 0.4) is 0 Å². The Morgan fingerprint density at radius 2 is 1.97 bits per heavy atom. The number of nitrogens with zero attached hydrogens (tertiary/aromatic N) is 3. The zero-order valence-corrected chi connectivity index (χ0v) is 18.2. The first kappa shape index (κ1) is 19.3. The van der Waals surface area contributed by atoms with Crippen molar-refractivity contribution in [3.63, 3.8) is 0 Å². The fraction of sp³-hybridized carbons (Fsp3) is 0.292. The zero-order valence-electron chi connectivity index (χ0n) is 17.4. The Morgan fingerprint density at radius 3 is 2.73 bits per heavy atom. The molecule has 1 fully saturated rings. The summed E-state index contributed by atoms with van der Waals surface area (Å²) in [7, 11) is 0. The molecule has 5 nitrogen and oxygen atoms in total. The highest BCUT2D eigenvalue weighted by Crippen LogP contribution is 2.35. The number of hydrazone groups is 1. The number of benzene rings is 2. The van der Waals surface area contributed by atoms with Gasteiger partial charge in [-0.1, -0.05) is 66.9 Å². The molecule has 0 saturated carbocycles. The largest absolute Gasteiger partial charge is 0.306 e.